The molecule has 0 aromatic heterocycles. The van der Waals surface area contributed by atoms with Crippen molar-refractivity contribution in [3.63, 3.8) is 0 Å². The molecule has 1 atom stereocenters. The highest BCUT2D eigenvalue weighted by Gasteiger charge is 2.08. The summed E-state index contributed by atoms with van der Waals surface area (Å²) in [5.41, 5.74) is 0. The zero-order valence-electron chi connectivity index (χ0n) is 9.95. The van der Waals surface area contributed by atoms with E-state index >= 15 is 0 Å². The lowest BCUT2D eigenvalue weighted by Crippen LogP contribution is -2.30. The summed E-state index contributed by atoms with van der Waals surface area (Å²) in [6, 6.07) is 0. The van der Waals surface area contributed by atoms with Crippen LogP contribution in [0.2, 0.25) is 0 Å². The topological polar surface area (TPSA) is 58.6 Å². The fraction of sp³-hybridized carbons (Fsp3) is 0.909. The molecule has 0 aliphatic carbocycles. The summed E-state index contributed by atoms with van der Waals surface area (Å²) in [5.74, 6) is 0.214. The Bertz CT molecular complexity index is 171. The number of carbonyl (C=O) groups is 1. The summed E-state index contributed by atoms with van der Waals surface area (Å²) in [6.07, 6.45) is 1.73. The van der Waals surface area contributed by atoms with Crippen LogP contribution in [-0.2, 0) is 9.53 Å². The summed E-state index contributed by atoms with van der Waals surface area (Å²) < 4.78 is 4.97. The van der Waals surface area contributed by atoms with Crippen LogP contribution in [0.5, 0.6) is 0 Å². The minimum absolute atomic E-state index is 0.0567. The van der Waals surface area contributed by atoms with Gasteiger partial charge in [0.25, 0.3) is 0 Å². The van der Waals surface area contributed by atoms with Crippen LogP contribution < -0.4 is 5.32 Å². The van der Waals surface area contributed by atoms with Gasteiger partial charge in [-0.2, -0.15) is 0 Å². The maximum absolute atomic E-state index is 11.1. The monoisotopic (exact) mass is 217 g/mol. The van der Waals surface area contributed by atoms with Gasteiger partial charge in [-0.25, -0.2) is 0 Å². The molecule has 0 fully saturated rings. The lowest BCUT2D eigenvalue weighted by atomic mass is 10.0. The molecule has 0 aromatic carbocycles. The number of esters is 1. The van der Waals surface area contributed by atoms with Gasteiger partial charge in [0, 0.05) is 6.61 Å². The highest BCUT2D eigenvalue weighted by Crippen LogP contribution is 2.05. The van der Waals surface area contributed by atoms with E-state index in [1.807, 2.05) is 13.8 Å². The van der Waals surface area contributed by atoms with E-state index in [9.17, 15) is 4.79 Å². The zero-order chi connectivity index (χ0) is 11.7. The summed E-state index contributed by atoms with van der Waals surface area (Å²) in [7, 11) is 0. The number of carbonyl (C=O) groups excluding carboxylic acids is 1. The molecule has 1 unspecified atom stereocenters. The highest BCUT2D eigenvalue weighted by molar-refractivity contribution is 5.71. The minimum atomic E-state index is -0.219. The van der Waals surface area contributed by atoms with E-state index in [-0.39, 0.29) is 25.2 Å². The van der Waals surface area contributed by atoms with Crippen LogP contribution in [0.3, 0.4) is 0 Å². The number of rotatable bonds is 8. The Labute approximate surface area is 92.0 Å². The molecule has 4 nitrogen and oxygen atoms in total. The van der Waals surface area contributed by atoms with Crippen molar-refractivity contribution in [1.29, 1.82) is 0 Å². The summed E-state index contributed by atoms with van der Waals surface area (Å²) in [5, 5.41) is 11.8. The first-order valence-electron chi connectivity index (χ1n) is 5.61. The largest absolute Gasteiger partial charge is 0.462 e. The van der Waals surface area contributed by atoms with Crippen LogP contribution in [0.4, 0.5) is 0 Å². The molecule has 0 heterocycles. The number of ether oxygens (including phenoxy) is 1. The van der Waals surface area contributed by atoms with Crippen molar-refractivity contribution >= 4 is 5.97 Å². The first-order chi connectivity index (χ1) is 7.10. The molecule has 15 heavy (non-hydrogen) atoms. The second-order valence-electron chi connectivity index (χ2n) is 3.96. The van der Waals surface area contributed by atoms with E-state index in [0.717, 1.165) is 19.4 Å². The maximum atomic E-state index is 11.1. The van der Waals surface area contributed by atoms with E-state index < -0.39 is 0 Å². The van der Waals surface area contributed by atoms with E-state index in [1.165, 1.54) is 0 Å². The van der Waals surface area contributed by atoms with Crippen LogP contribution in [0, 0.1) is 5.92 Å². The maximum Gasteiger partial charge on any atom is 0.320 e. The SMILES string of the molecule is CCC(CCO)CNCC(=O)OC(C)C. The molecule has 0 bridgehead atoms. The zero-order valence-corrected chi connectivity index (χ0v) is 9.95. The van der Waals surface area contributed by atoms with E-state index in [2.05, 4.69) is 12.2 Å². The predicted octanol–water partition coefficient (Wildman–Crippen LogP) is 0.936. The second-order valence-corrected chi connectivity index (χ2v) is 3.96. The Kier molecular flexibility index (Phi) is 8.33. The van der Waals surface area contributed by atoms with Gasteiger partial charge in [-0.05, 0) is 32.7 Å². The van der Waals surface area contributed by atoms with Crippen molar-refractivity contribution in [1.82, 2.24) is 5.32 Å². The Morgan fingerprint density at radius 2 is 2.13 bits per heavy atom. The van der Waals surface area contributed by atoms with Crippen molar-refractivity contribution in [2.75, 3.05) is 19.7 Å². The van der Waals surface area contributed by atoms with E-state index in [1.54, 1.807) is 0 Å². The van der Waals surface area contributed by atoms with Crippen molar-refractivity contribution in [2.45, 2.75) is 39.7 Å². The Morgan fingerprint density at radius 3 is 2.60 bits per heavy atom. The molecule has 0 aliphatic rings. The molecule has 2 N–H and O–H groups in total. The quantitative estimate of drug-likeness (QED) is 0.594. The Balaban J connectivity index is 3.54. The van der Waals surface area contributed by atoms with Gasteiger partial charge in [-0.15, -0.1) is 0 Å². The summed E-state index contributed by atoms with van der Waals surface area (Å²) in [4.78, 5) is 11.1. The molecule has 90 valence electrons. The first-order valence-corrected chi connectivity index (χ1v) is 5.61. The second kappa shape index (κ2) is 8.68. The Hall–Kier alpha value is -0.610. The highest BCUT2D eigenvalue weighted by atomic mass is 16.5. The van der Waals surface area contributed by atoms with Crippen LogP contribution in [0.25, 0.3) is 0 Å². The molecule has 0 saturated carbocycles. The molecule has 0 saturated heterocycles. The minimum Gasteiger partial charge on any atom is -0.462 e. The van der Waals surface area contributed by atoms with Crippen LogP contribution in [-0.4, -0.2) is 36.9 Å². The van der Waals surface area contributed by atoms with Crippen molar-refractivity contribution in [3.8, 4) is 0 Å². The molecule has 0 rings (SSSR count). The molecular weight excluding hydrogens is 194 g/mol. The van der Waals surface area contributed by atoms with Crippen molar-refractivity contribution in [2.24, 2.45) is 5.92 Å². The third-order valence-electron chi connectivity index (χ3n) is 2.18. The average Bonchev–Trinajstić information content (AvgIpc) is 2.15. The lowest BCUT2D eigenvalue weighted by Gasteiger charge is -2.14. The van der Waals surface area contributed by atoms with Gasteiger partial charge in [0.15, 0.2) is 0 Å². The number of aliphatic hydroxyl groups is 1. The van der Waals surface area contributed by atoms with Gasteiger partial charge < -0.3 is 15.2 Å². The first kappa shape index (κ1) is 14.4. The average molecular weight is 217 g/mol. The van der Waals surface area contributed by atoms with Crippen LogP contribution in [0.1, 0.15) is 33.6 Å². The standard InChI is InChI=1S/C11H23NO3/c1-4-10(5-6-13)7-12-8-11(14)15-9(2)3/h9-10,12-13H,4-8H2,1-3H3. The van der Waals surface area contributed by atoms with Crippen LogP contribution in [0.15, 0.2) is 0 Å². The lowest BCUT2D eigenvalue weighted by molar-refractivity contribution is -0.146. The smallest absolute Gasteiger partial charge is 0.320 e. The third-order valence-corrected chi connectivity index (χ3v) is 2.18. The van der Waals surface area contributed by atoms with E-state index in [0.29, 0.717) is 5.92 Å². The predicted molar refractivity (Wildman–Crippen MR) is 59.6 cm³/mol. The molecule has 4 heteroatoms. The van der Waals surface area contributed by atoms with Crippen molar-refractivity contribution in [3.05, 3.63) is 0 Å². The molecular formula is C11H23NO3. The third kappa shape index (κ3) is 8.39. The molecule has 0 amide bonds. The number of hydrogen-bond acceptors (Lipinski definition) is 4. The normalized spacial score (nSPS) is 12.9. The number of nitrogens with one attached hydrogen (secondary N) is 1. The molecule has 0 aromatic rings. The molecule has 0 aliphatic heterocycles. The number of aliphatic hydroxyl groups excluding tert-OH is 1. The van der Waals surface area contributed by atoms with Gasteiger partial charge in [0.05, 0.1) is 12.6 Å². The van der Waals surface area contributed by atoms with Gasteiger partial charge >= 0.3 is 5.97 Å². The molecule has 0 radical (unpaired) electrons. The summed E-state index contributed by atoms with van der Waals surface area (Å²) in [6.45, 7) is 6.95. The van der Waals surface area contributed by atoms with Crippen LogP contribution >= 0.6 is 0 Å². The van der Waals surface area contributed by atoms with Crippen molar-refractivity contribution < 1.29 is 14.6 Å². The number of hydrogen-bond donors (Lipinski definition) is 2. The van der Waals surface area contributed by atoms with Gasteiger partial charge in [0.2, 0.25) is 0 Å². The fourth-order valence-corrected chi connectivity index (χ4v) is 1.32. The summed E-state index contributed by atoms with van der Waals surface area (Å²) >= 11 is 0. The van der Waals surface area contributed by atoms with Gasteiger partial charge in [0.1, 0.15) is 0 Å². The van der Waals surface area contributed by atoms with E-state index in [4.69, 9.17) is 9.84 Å². The Morgan fingerprint density at radius 1 is 1.47 bits per heavy atom. The fourth-order valence-electron chi connectivity index (χ4n) is 1.32. The van der Waals surface area contributed by atoms with Gasteiger partial charge in [-0.3, -0.25) is 4.79 Å². The van der Waals surface area contributed by atoms with Gasteiger partial charge in [-0.1, -0.05) is 13.3 Å². The molecule has 0 spiro atoms.